The van der Waals surface area contributed by atoms with Crippen molar-refractivity contribution in [3.05, 3.63) is 29.3 Å². The summed E-state index contributed by atoms with van der Waals surface area (Å²) in [5, 5.41) is 10.4. The van der Waals surface area contributed by atoms with Crippen LogP contribution in [0.15, 0.2) is 23.8 Å². The van der Waals surface area contributed by atoms with Gasteiger partial charge in [0.1, 0.15) is 22.8 Å². The summed E-state index contributed by atoms with van der Waals surface area (Å²) in [5.74, 6) is -0.841. The molecule has 5 nitrogen and oxygen atoms in total. The Morgan fingerprint density at radius 1 is 1.31 bits per heavy atom. The van der Waals surface area contributed by atoms with Crippen molar-refractivity contribution in [1.82, 2.24) is 0 Å². The molecule has 0 fully saturated rings. The highest BCUT2D eigenvalue weighted by Crippen LogP contribution is 2.55. The fourth-order valence-corrected chi connectivity index (χ4v) is 4.21. The van der Waals surface area contributed by atoms with E-state index in [-0.39, 0.29) is 23.3 Å². The zero-order valence-corrected chi connectivity index (χ0v) is 15.2. The highest BCUT2D eigenvalue weighted by Gasteiger charge is 2.49. The van der Waals surface area contributed by atoms with Gasteiger partial charge in [-0.05, 0) is 33.6 Å². The fourth-order valence-electron chi connectivity index (χ4n) is 3.76. The minimum Gasteiger partial charge on any atom is -0.507 e. The van der Waals surface area contributed by atoms with Crippen LogP contribution in [0.1, 0.15) is 45.1 Å². The van der Waals surface area contributed by atoms with Gasteiger partial charge in [-0.2, -0.15) is 21.6 Å². The van der Waals surface area contributed by atoms with Crippen LogP contribution in [0.3, 0.4) is 0 Å². The molecule has 2 atom stereocenters. The van der Waals surface area contributed by atoms with E-state index in [9.17, 15) is 26.7 Å². The number of alkyl halides is 3. The van der Waals surface area contributed by atoms with Crippen molar-refractivity contribution in [2.45, 2.75) is 50.6 Å². The third-order valence-corrected chi connectivity index (χ3v) is 5.95. The highest BCUT2D eigenvalue weighted by molar-refractivity contribution is 7.88. The number of phenolic OH excluding ortho intramolecular Hbond substituents is 1. The molecule has 0 saturated carbocycles. The zero-order chi connectivity index (χ0) is 19.5. The van der Waals surface area contributed by atoms with E-state index >= 15 is 0 Å². The largest absolute Gasteiger partial charge is 0.534 e. The number of fused-ring (bicyclic) bond motifs is 3. The SMILES string of the molecule is CC1=CC[C@@H]2[C@@H](C1)c1c(O)cc(OS(=O)(=O)C(F)(F)F)cc1OC2(C)C. The molecular weight excluding hydrogens is 373 g/mol. The van der Waals surface area contributed by atoms with E-state index in [1.54, 1.807) is 0 Å². The van der Waals surface area contributed by atoms with E-state index in [1.165, 1.54) is 0 Å². The van der Waals surface area contributed by atoms with E-state index < -0.39 is 27.0 Å². The lowest BCUT2D eigenvalue weighted by Gasteiger charge is -2.47. The van der Waals surface area contributed by atoms with Crippen LogP contribution in [0.25, 0.3) is 0 Å². The maximum absolute atomic E-state index is 12.5. The van der Waals surface area contributed by atoms with Gasteiger partial charge in [-0.3, -0.25) is 0 Å². The summed E-state index contributed by atoms with van der Waals surface area (Å²) in [5.41, 5.74) is -4.58. The Bertz CT molecular complexity index is 871. The van der Waals surface area contributed by atoms with E-state index in [4.69, 9.17) is 4.74 Å². The van der Waals surface area contributed by atoms with Crippen molar-refractivity contribution in [1.29, 1.82) is 0 Å². The second kappa shape index (κ2) is 5.80. The minimum atomic E-state index is -5.83. The second-order valence-electron chi connectivity index (χ2n) is 7.25. The first-order valence-electron chi connectivity index (χ1n) is 8.04. The predicted octanol–water partition coefficient (Wildman–Crippen LogP) is 4.23. The van der Waals surface area contributed by atoms with E-state index in [0.29, 0.717) is 12.0 Å². The van der Waals surface area contributed by atoms with Gasteiger partial charge in [-0.1, -0.05) is 11.6 Å². The van der Waals surface area contributed by atoms with Crippen molar-refractivity contribution in [2.24, 2.45) is 5.92 Å². The summed E-state index contributed by atoms with van der Waals surface area (Å²) < 4.78 is 70.1. The van der Waals surface area contributed by atoms with Crippen molar-refractivity contribution in [2.75, 3.05) is 0 Å². The Morgan fingerprint density at radius 2 is 1.96 bits per heavy atom. The van der Waals surface area contributed by atoms with E-state index in [0.717, 1.165) is 24.1 Å². The standard InChI is InChI=1S/C17H19F3O5S/c1-9-4-5-12-11(6-9)15-13(21)7-10(8-14(15)24-16(12,2)3)25-26(22,23)17(18,19)20/h4,7-8,11-12,21H,5-6H2,1-3H3/t11-,12-/m1/s1. The van der Waals surface area contributed by atoms with Gasteiger partial charge in [0.2, 0.25) is 0 Å². The number of benzene rings is 1. The Morgan fingerprint density at radius 3 is 2.58 bits per heavy atom. The average molecular weight is 392 g/mol. The van der Waals surface area contributed by atoms with E-state index in [2.05, 4.69) is 10.3 Å². The number of allylic oxidation sites excluding steroid dienone is 2. The zero-order valence-electron chi connectivity index (χ0n) is 14.4. The summed E-state index contributed by atoms with van der Waals surface area (Å²) in [6.07, 6.45) is 3.55. The number of phenols is 1. The van der Waals surface area contributed by atoms with Gasteiger partial charge in [-0.25, -0.2) is 0 Å². The molecule has 9 heteroatoms. The average Bonchev–Trinajstić information content (AvgIpc) is 2.43. The Labute approximate surface area is 149 Å². The van der Waals surface area contributed by atoms with Gasteiger partial charge in [0.05, 0.1) is 0 Å². The molecule has 0 aromatic heterocycles. The first kappa shape index (κ1) is 18.9. The number of ether oxygens (including phenoxy) is 1. The van der Waals surface area contributed by atoms with Crippen molar-refractivity contribution < 1.29 is 35.6 Å². The number of hydrogen-bond acceptors (Lipinski definition) is 5. The maximum atomic E-state index is 12.5. The molecule has 1 aromatic carbocycles. The van der Waals surface area contributed by atoms with Crippen LogP contribution in [-0.2, 0) is 10.1 Å². The molecule has 1 aliphatic carbocycles. The molecule has 144 valence electrons. The lowest BCUT2D eigenvalue weighted by molar-refractivity contribution is -0.0500. The Balaban J connectivity index is 2.05. The van der Waals surface area contributed by atoms with Gasteiger partial charge >= 0.3 is 15.6 Å². The van der Waals surface area contributed by atoms with Gasteiger partial charge in [0, 0.05) is 29.5 Å². The molecule has 1 aliphatic heterocycles. The molecule has 26 heavy (non-hydrogen) atoms. The predicted molar refractivity (Wildman–Crippen MR) is 87.6 cm³/mol. The summed E-state index contributed by atoms with van der Waals surface area (Å²) in [4.78, 5) is 0. The number of rotatable bonds is 2. The summed E-state index contributed by atoms with van der Waals surface area (Å²) in [6, 6.07) is 1.97. The lowest BCUT2D eigenvalue weighted by atomic mass is 9.67. The van der Waals surface area contributed by atoms with Crippen molar-refractivity contribution in [3.63, 3.8) is 0 Å². The number of aromatic hydroxyl groups is 1. The Hall–Kier alpha value is -1.90. The minimum absolute atomic E-state index is 0.0768. The molecule has 0 bridgehead atoms. The third-order valence-electron chi connectivity index (χ3n) is 4.97. The van der Waals surface area contributed by atoms with Crippen LogP contribution in [0.4, 0.5) is 13.2 Å². The molecule has 2 aliphatic rings. The van der Waals surface area contributed by atoms with Crippen LogP contribution in [0.5, 0.6) is 17.2 Å². The topological polar surface area (TPSA) is 72.8 Å². The highest BCUT2D eigenvalue weighted by atomic mass is 32.2. The van der Waals surface area contributed by atoms with Gasteiger partial charge in [0.15, 0.2) is 0 Å². The van der Waals surface area contributed by atoms with Gasteiger partial charge in [-0.15, -0.1) is 0 Å². The third kappa shape index (κ3) is 3.13. The number of hydrogen-bond donors (Lipinski definition) is 1. The van der Waals surface area contributed by atoms with E-state index in [1.807, 2.05) is 20.8 Å². The normalized spacial score (nSPS) is 24.8. The number of halogens is 3. The molecule has 1 N–H and O–H groups in total. The molecule has 0 saturated heterocycles. The van der Waals surface area contributed by atoms with Gasteiger partial charge in [0.25, 0.3) is 0 Å². The quantitative estimate of drug-likeness (QED) is 0.463. The lowest BCUT2D eigenvalue weighted by Crippen LogP contribution is -2.45. The second-order valence-corrected chi connectivity index (χ2v) is 8.78. The van der Waals surface area contributed by atoms with Crippen LogP contribution >= 0.6 is 0 Å². The fraction of sp³-hybridized carbons (Fsp3) is 0.529. The molecule has 0 radical (unpaired) electrons. The van der Waals surface area contributed by atoms with Crippen molar-refractivity contribution >= 4 is 10.1 Å². The summed E-state index contributed by atoms with van der Waals surface area (Å²) in [7, 11) is -5.83. The van der Waals surface area contributed by atoms with Crippen LogP contribution < -0.4 is 8.92 Å². The first-order chi connectivity index (χ1) is 11.8. The summed E-state index contributed by atoms with van der Waals surface area (Å²) >= 11 is 0. The molecular formula is C17H19F3O5S. The van der Waals surface area contributed by atoms with Gasteiger partial charge < -0.3 is 14.0 Å². The molecule has 0 unspecified atom stereocenters. The molecule has 0 amide bonds. The van der Waals surface area contributed by atoms with Crippen molar-refractivity contribution in [3.8, 4) is 17.2 Å². The smallest absolute Gasteiger partial charge is 0.507 e. The molecule has 0 spiro atoms. The van der Waals surface area contributed by atoms with Crippen LogP contribution in [0.2, 0.25) is 0 Å². The monoisotopic (exact) mass is 392 g/mol. The molecule has 3 rings (SSSR count). The maximum Gasteiger partial charge on any atom is 0.534 e. The molecule has 1 aromatic rings. The first-order valence-corrected chi connectivity index (χ1v) is 9.45. The van der Waals surface area contributed by atoms with Crippen LogP contribution in [0, 0.1) is 5.92 Å². The Kier molecular flexibility index (Phi) is 4.21. The summed E-state index contributed by atoms with van der Waals surface area (Å²) in [6.45, 7) is 5.70. The molecule has 1 heterocycles. The van der Waals surface area contributed by atoms with Crippen LogP contribution in [-0.4, -0.2) is 24.6 Å².